The number of thioether (sulfide) groups is 1. The summed E-state index contributed by atoms with van der Waals surface area (Å²) in [5.41, 5.74) is 0.277. The van der Waals surface area contributed by atoms with Crippen molar-refractivity contribution in [3.05, 3.63) is 21.9 Å². The Kier molecular flexibility index (Phi) is 5.52. The SMILES string of the molecule is CSC1(CNC(=O)c2cc(Cl)nnc2Cl)CCCCC1. The van der Waals surface area contributed by atoms with Crippen LogP contribution in [0.4, 0.5) is 0 Å². The summed E-state index contributed by atoms with van der Waals surface area (Å²) in [5.74, 6) is -0.245. The molecule has 0 bridgehead atoms. The Morgan fingerprint density at radius 1 is 1.35 bits per heavy atom. The molecular weight excluding hydrogens is 317 g/mol. The van der Waals surface area contributed by atoms with Crippen LogP contribution in [0.3, 0.4) is 0 Å². The predicted molar refractivity (Wildman–Crippen MR) is 83.7 cm³/mol. The Labute approximate surface area is 133 Å². The van der Waals surface area contributed by atoms with Crippen LogP contribution in [0.2, 0.25) is 10.3 Å². The zero-order chi connectivity index (χ0) is 14.6. The molecule has 1 aromatic rings. The van der Waals surface area contributed by atoms with Crippen molar-refractivity contribution in [2.45, 2.75) is 36.9 Å². The molecule has 1 heterocycles. The van der Waals surface area contributed by atoms with E-state index in [4.69, 9.17) is 23.2 Å². The molecule has 1 fully saturated rings. The molecule has 0 atom stereocenters. The summed E-state index contributed by atoms with van der Waals surface area (Å²) in [6.07, 6.45) is 8.11. The van der Waals surface area contributed by atoms with Gasteiger partial charge in [0.2, 0.25) is 0 Å². The van der Waals surface area contributed by atoms with Gasteiger partial charge in [-0.3, -0.25) is 4.79 Å². The zero-order valence-electron chi connectivity index (χ0n) is 11.3. The highest BCUT2D eigenvalue weighted by atomic mass is 35.5. The summed E-state index contributed by atoms with van der Waals surface area (Å²) in [7, 11) is 0. The number of hydrogen-bond donors (Lipinski definition) is 1. The van der Waals surface area contributed by atoms with E-state index < -0.39 is 0 Å². The number of nitrogens with zero attached hydrogens (tertiary/aromatic N) is 2. The second kappa shape index (κ2) is 6.96. The molecule has 1 aliphatic carbocycles. The van der Waals surface area contributed by atoms with Crippen molar-refractivity contribution in [2.24, 2.45) is 0 Å². The minimum absolute atomic E-state index is 0.0775. The highest BCUT2D eigenvalue weighted by Gasteiger charge is 2.31. The monoisotopic (exact) mass is 333 g/mol. The predicted octanol–water partition coefficient (Wildman–Crippen LogP) is 3.58. The Hall–Kier alpha value is -0.520. The Bertz CT molecular complexity index is 493. The van der Waals surface area contributed by atoms with Crippen LogP contribution in [0, 0.1) is 0 Å². The number of nitrogens with one attached hydrogen (secondary N) is 1. The standard InChI is InChI=1S/C13H17Cl2N3OS/c1-20-13(5-3-2-4-6-13)8-16-12(19)9-7-10(14)17-18-11(9)15/h7H,2-6,8H2,1H3,(H,16,19). The molecule has 0 unspecified atom stereocenters. The van der Waals surface area contributed by atoms with Crippen molar-refractivity contribution in [1.82, 2.24) is 15.5 Å². The zero-order valence-corrected chi connectivity index (χ0v) is 13.6. The number of aromatic nitrogens is 2. The summed E-state index contributed by atoms with van der Waals surface area (Å²) >= 11 is 13.5. The first kappa shape index (κ1) is 15.9. The maximum absolute atomic E-state index is 12.2. The first-order chi connectivity index (χ1) is 9.56. The Balaban J connectivity index is 2.02. The number of amides is 1. The van der Waals surface area contributed by atoms with Crippen LogP contribution < -0.4 is 5.32 Å². The van der Waals surface area contributed by atoms with Crippen LogP contribution in [-0.4, -0.2) is 33.7 Å². The molecule has 1 aliphatic rings. The molecular formula is C13H17Cl2N3OS. The number of halogens is 2. The molecule has 0 aromatic carbocycles. The molecule has 0 spiro atoms. The van der Waals surface area contributed by atoms with E-state index in [1.54, 1.807) is 0 Å². The van der Waals surface area contributed by atoms with Crippen molar-refractivity contribution in [3.63, 3.8) is 0 Å². The van der Waals surface area contributed by atoms with Gasteiger partial charge < -0.3 is 5.32 Å². The lowest BCUT2D eigenvalue weighted by Gasteiger charge is -2.35. The highest BCUT2D eigenvalue weighted by molar-refractivity contribution is 8.00. The van der Waals surface area contributed by atoms with Gasteiger partial charge in [-0.2, -0.15) is 11.8 Å². The van der Waals surface area contributed by atoms with Gasteiger partial charge in [0.15, 0.2) is 10.3 Å². The molecule has 1 amide bonds. The molecule has 1 saturated carbocycles. The average molecular weight is 334 g/mol. The topological polar surface area (TPSA) is 54.9 Å². The van der Waals surface area contributed by atoms with E-state index in [-0.39, 0.29) is 26.5 Å². The van der Waals surface area contributed by atoms with Crippen LogP contribution >= 0.6 is 35.0 Å². The van der Waals surface area contributed by atoms with E-state index in [0.717, 1.165) is 12.8 Å². The number of carbonyl (C=O) groups excluding carboxylic acids is 1. The Morgan fingerprint density at radius 2 is 2.05 bits per heavy atom. The minimum Gasteiger partial charge on any atom is -0.351 e. The largest absolute Gasteiger partial charge is 0.351 e. The molecule has 20 heavy (non-hydrogen) atoms. The fourth-order valence-electron chi connectivity index (χ4n) is 2.50. The summed E-state index contributed by atoms with van der Waals surface area (Å²) in [6.45, 7) is 0.642. The first-order valence-corrected chi connectivity index (χ1v) is 8.56. The number of rotatable bonds is 4. The van der Waals surface area contributed by atoms with E-state index in [1.807, 2.05) is 11.8 Å². The smallest absolute Gasteiger partial charge is 0.254 e. The van der Waals surface area contributed by atoms with Crippen LogP contribution in [0.5, 0.6) is 0 Å². The van der Waals surface area contributed by atoms with Gasteiger partial charge in [-0.25, -0.2) is 0 Å². The van der Waals surface area contributed by atoms with Crippen molar-refractivity contribution in [1.29, 1.82) is 0 Å². The van der Waals surface area contributed by atoms with Gasteiger partial charge in [0.25, 0.3) is 5.91 Å². The minimum atomic E-state index is -0.245. The first-order valence-electron chi connectivity index (χ1n) is 6.58. The van der Waals surface area contributed by atoms with Crippen molar-refractivity contribution >= 4 is 40.9 Å². The van der Waals surface area contributed by atoms with Crippen molar-refractivity contribution < 1.29 is 4.79 Å². The van der Waals surface area contributed by atoms with Crippen LogP contribution in [0.25, 0.3) is 0 Å². The molecule has 7 heteroatoms. The second-order valence-electron chi connectivity index (χ2n) is 5.00. The third-order valence-corrected chi connectivity index (χ3v) is 5.62. The lowest BCUT2D eigenvalue weighted by atomic mass is 9.88. The van der Waals surface area contributed by atoms with Gasteiger partial charge in [0.1, 0.15) is 0 Å². The van der Waals surface area contributed by atoms with Gasteiger partial charge in [0.05, 0.1) is 5.56 Å². The van der Waals surface area contributed by atoms with Crippen molar-refractivity contribution in [3.8, 4) is 0 Å². The fourth-order valence-corrected chi connectivity index (χ4v) is 3.74. The average Bonchev–Trinajstić information content (AvgIpc) is 2.48. The molecule has 0 aliphatic heterocycles. The van der Waals surface area contributed by atoms with E-state index >= 15 is 0 Å². The quantitative estimate of drug-likeness (QED) is 0.914. The summed E-state index contributed by atoms with van der Waals surface area (Å²) in [4.78, 5) is 12.2. The molecule has 1 N–H and O–H groups in total. The van der Waals surface area contributed by atoms with E-state index in [1.165, 1.54) is 25.3 Å². The van der Waals surface area contributed by atoms with E-state index in [9.17, 15) is 4.79 Å². The third-order valence-electron chi connectivity index (χ3n) is 3.73. The number of carbonyl (C=O) groups is 1. The molecule has 0 radical (unpaired) electrons. The van der Waals surface area contributed by atoms with Gasteiger partial charge in [-0.15, -0.1) is 10.2 Å². The Morgan fingerprint density at radius 3 is 2.70 bits per heavy atom. The number of hydrogen-bond acceptors (Lipinski definition) is 4. The maximum Gasteiger partial charge on any atom is 0.254 e. The highest BCUT2D eigenvalue weighted by Crippen LogP contribution is 2.38. The summed E-state index contributed by atoms with van der Waals surface area (Å²) < 4.78 is 0.143. The van der Waals surface area contributed by atoms with Gasteiger partial charge in [0, 0.05) is 11.3 Å². The summed E-state index contributed by atoms with van der Waals surface area (Å²) in [5, 5.41) is 10.4. The molecule has 2 rings (SSSR count). The van der Waals surface area contributed by atoms with Crippen LogP contribution in [-0.2, 0) is 0 Å². The van der Waals surface area contributed by atoms with Gasteiger partial charge >= 0.3 is 0 Å². The molecule has 4 nitrogen and oxygen atoms in total. The molecule has 1 aromatic heterocycles. The van der Waals surface area contributed by atoms with Crippen LogP contribution in [0.1, 0.15) is 42.5 Å². The van der Waals surface area contributed by atoms with Gasteiger partial charge in [-0.05, 0) is 25.2 Å². The fraction of sp³-hybridized carbons (Fsp3) is 0.615. The third kappa shape index (κ3) is 3.77. The van der Waals surface area contributed by atoms with E-state index in [2.05, 4.69) is 21.8 Å². The maximum atomic E-state index is 12.2. The van der Waals surface area contributed by atoms with Gasteiger partial charge in [-0.1, -0.05) is 42.5 Å². The molecule has 110 valence electrons. The van der Waals surface area contributed by atoms with E-state index in [0.29, 0.717) is 6.54 Å². The van der Waals surface area contributed by atoms with Crippen LogP contribution in [0.15, 0.2) is 6.07 Å². The normalized spacial score (nSPS) is 17.8. The lowest BCUT2D eigenvalue weighted by molar-refractivity contribution is 0.0946. The molecule has 0 saturated heterocycles. The second-order valence-corrected chi connectivity index (χ2v) is 7.02. The lowest BCUT2D eigenvalue weighted by Crippen LogP contribution is -2.41. The van der Waals surface area contributed by atoms with Crippen molar-refractivity contribution in [2.75, 3.05) is 12.8 Å². The summed E-state index contributed by atoms with van der Waals surface area (Å²) in [6, 6.07) is 1.44.